The minimum atomic E-state index is -0.363. The molecule has 0 aliphatic carbocycles. The molecule has 0 bridgehead atoms. The van der Waals surface area contributed by atoms with Gasteiger partial charge < -0.3 is 4.90 Å². The van der Waals surface area contributed by atoms with Gasteiger partial charge in [-0.3, -0.25) is 9.59 Å². The molecule has 1 rings (SSSR count). The molecule has 0 aromatic rings. The Balaban J connectivity index is 3.07. The molecule has 1 heterocycles. The molecule has 0 spiro atoms. The van der Waals surface area contributed by atoms with Gasteiger partial charge in [0.1, 0.15) is 0 Å². The van der Waals surface area contributed by atoms with Crippen molar-refractivity contribution in [3.05, 3.63) is 0 Å². The quantitative estimate of drug-likeness (QED) is 0.623. The predicted molar refractivity (Wildman–Crippen MR) is 59.5 cm³/mol. The fourth-order valence-corrected chi connectivity index (χ4v) is 2.70. The van der Waals surface area contributed by atoms with E-state index in [-0.39, 0.29) is 22.8 Å². The van der Waals surface area contributed by atoms with Crippen LogP contribution in [0.25, 0.3) is 0 Å². The number of rotatable bonds is 1. The molecule has 1 fully saturated rings. The van der Waals surface area contributed by atoms with Gasteiger partial charge >= 0.3 is 0 Å². The molecule has 3 heteroatoms. The Morgan fingerprint density at radius 3 is 1.73 bits per heavy atom. The maximum absolute atomic E-state index is 11.9. The summed E-state index contributed by atoms with van der Waals surface area (Å²) in [5, 5.41) is 0. The van der Waals surface area contributed by atoms with Gasteiger partial charge in [0.15, 0.2) is 0 Å². The highest BCUT2D eigenvalue weighted by molar-refractivity contribution is 6.35. The fourth-order valence-electron chi connectivity index (χ4n) is 2.70. The van der Waals surface area contributed by atoms with E-state index in [1.54, 1.807) is 4.90 Å². The van der Waals surface area contributed by atoms with E-state index >= 15 is 0 Å². The topological polar surface area (TPSA) is 37.4 Å². The lowest BCUT2D eigenvalue weighted by Gasteiger charge is -2.52. The Morgan fingerprint density at radius 2 is 1.40 bits per heavy atom. The third-order valence-electron chi connectivity index (χ3n) is 3.29. The van der Waals surface area contributed by atoms with Gasteiger partial charge in [0.2, 0.25) is 5.78 Å². The molecule has 0 unspecified atom stereocenters. The first kappa shape index (κ1) is 12.2. The second-order valence-corrected chi connectivity index (χ2v) is 5.68. The zero-order valence-corrected chi connectivity index (χ0v) is 10.4. The number of carbonyl (C=O) groups is 2. The predicted octanol–water partition coefficient (Wildman–Crippen LogP) is 2.15. The van der Waals surface area contributed by atoms with Gasteiger partial charge in [0.25, 0.3) is 5.91 Å². The van der Waals surface area contributed by atoms with E-state index in [9.17, 15) is 9.59 Å². The summed E-state index contributed by atoms with van der Waals surface area (Å²) < 4.78 is 0. The van der Waals surface area contributed by atoms with Gasteiger partial charge in [0, 0.05) is 18.0 Å². The van der Waals surface area contributed by atoms with Crippen LogP contribution in [-0.2, 0) is 9.59 Å². The number of Topliss-reactive ketones (excluding diaryl/α,β-unsaturated/α-hetero) is 1. The summed E-state index contributed by atoms with van der Waals surface area (Å²) in [5.74, 6) is -0.706. The molecular formula is C12H21NO2. The summed E-state index contributed by atoms with van der Waals surface area (Å²) in [4.78, 5) is 24.9. The van der Waals surface area contributed by atoms with E-state index in [0.29, 0.717) is 0 Å². The van der Waals surface area contributed by atoms with Gasteiger partial charge in [-0.25, -0.2) is 0 Å². The summed E-state index contributed by atoms with van der Waals surface area (Å²) in [5.41, 5.74) is -0.408. The second-order valence-electron chi connectivity index (χ2n) is 5.68. The molecule has 0 radical (unpaired) electrons. The van der Waals surface area contributed by atoms with Crippen LogP contribution in [0.1, 0.15) is 53.9 Å². The first-order chi connectivity index (χ1) is 6.68. The normalized spacial score (nSPS) is 23.7. The molecular weight excluding hydrogens is 190 g/mol. The van der Waals surface area contributed by atoms with Crippen LogP contribution in [-0.4, -0.2) is 27.7 Å². The molecule has 0 aromatic heterocycles. The van der Waals surface area contributed by atoms with Crippen molar-refractivity contribution in [3.8, 4) is 0 Å². The Morgan fingerprint density at radius 1 is 1.00 bits per heavy atom. The fraction of sp³-hybridized carbons (Fsp3) is 0.833. The monoisotopic (exact) mass is 211 g/mol. The third kappa shape index (κ3) is 2.21. The second kappa shape index (κ2) is 3.62. The lowest BCUT2D eigenvalue weighted by Crippen LogP contribution is -2.62. The maximum atomic E-state index is 11.9. The van der Waals surface area contributed by atoms with Crippen LogP contribution < -0.4 is 0 Å². The van der Waals surface area contributed by atoms with Gasteiger partial charge in [-0.1, -0.05) is 0 Å². The van der Waals surface area contributed by atoms with Crippen molar-refractivity contribution in [1.29, 1.82) is 0 Å². The van der Waals surface area contributed by atoms with Crippen molar-refractivity contribution >= 4 is 11.7 Å². The van der Waals surface area contributed by atoms with Gasteiger partial charge in [-0.05, 0) is 47.0 Å². The van der Waals surface area contributed by atoms with Gasteiger partial charge in [0.05, 0.1) is 0 Å². The number of ketones is 1. The van der Waals surface area contributed by atoms with E-state index in [2.05, 4.69) is 0 Å². The van der Waals surface area contributed by atoms with Gasteiger partial charge in [-0.2, -0.15) is 0 Å². The zero-order valence-electron chi connectivity index (χ0n) is 10.4. The number of nitrogens with zero attached hydrogens (tertiary/aromatic N) is 1. The van der Waals surface area contributed by atoms with Crippen molar-refractivity contribution in [2.45, 2.75) is 65.0 Å². The van der Waals surface area contributed by atoms with Crippen molar-refractivity contribution in [3.63, 3.8) is 0 Å². The van der Waals surface area contributed by atoms with E-state index in [1.165, 1.54) is 6.92 Å². The SMILES string of the molecule is CC(=O)C(=O)N1C(C)(C)CCCC1(C)C. The molecule has 15 heavy (non-hydrogen) atoms. The van der Waals surface area contributed by atoms with Crippen LogP contribution in [0.3, 0.4) is 0 Å². The van der Waals surface area contributed by atoms with Crippen molar-refractivity contribution in [2.75, 3.05) is 0 Å². The largest absolute Gasteiger partial charge is 0.326 e. The third-order valence-corrected chi connectivity index (χ3v) is 3.29. The van der Waals surface area contributed by atoms with Crippen molar-refractivity contribution in [1.82, 2.24) is 4.90 Å². The zero-order chi connectivity index (χ0) is 11.9. The van der Waals surface area contributed by atoms with E-state index in [1.807, 2.05) is 27.7 Å². The summed E-state index contributed by atoms with van der Waals surface area (Å²) in [6, 6.07) is 0. The molecule has 0 aromatic carbocycles. The minimum Gasteiger partial charge on any atom is -0.326 e. The molecule has 1 saturated heterocycles. The first-order valence-corrected chi connectivity index (χ1v) is 5.54. The number of piperidine rings is 1. The molecule has 0 N–H and O–H groups in total. The average Bonchev–Trinajstić information content (AvgIpc) is 1.99. The van der Waals surface area contributed by atoms with E-state index in [4.69, 9.17) is 0 Å². The van der Waals surface area contributed by atoms with Crippen LogP contribution in [0.5, 0.6) is 0 Å². The van der Waals surface area contributed by atoms with Crippen LogP contribution >= 0.6 is 0 Å². The standard InChI is InChI=1S/C12H21NO2/c1-9(14)10(15)13-11(2,3)7-6-8-12(13,4)5/h6-8H2,1-5H3. The highest BCUT2D eigenvalue weighted by atomic mass is 16.2. The van der Waals surface area contributed by atoms with Crippen LogP contribution in [0.15, 0.2) is 0 Å². The molecule has 3 nitrogen and oxygen atoms in total. The van der Waals surface area contributed by atoms with Crippen LogP contribution in [0.4, 0.5) is 0 Å². The summed E-state index contributed by atoms with van der Waals surface area (Å²) in [6.45, 7) is 9.50. The number of likely N-dealkylation sites (tertiary alicyclic amines) is 1. The summed E-state index contributed by atoms with van der Waals surface area (Å²) >= 11 is 0. The number of amides is 1. The summed E-state index contributed by atoms with van der Waals surface area (Å²) in [7, 11) is 0. The number of carbonyl (C=O) groups excluding carboxylic acids is 2. The molecule has 0 atom stereocenters. The average molecular weight is 211 g/mol. The molecule has 86 valence electrons. The van der Waals surface area contributed by atoms with E-state index in [0.717, 1.165) is 19.3 Å². The van der Waals surface area contributed by atoms with Gasteiger partial charge in [-0.15, -0.1) is 0 Å². The van der Waals surface area contributed by atoms with Crippen LogP contribution in [0.2, 0.25) is 0 Å². The minimum absolute atomic E-state index is 0.204. The highest BCUT2D eigenvalue weighted by Gasteiger charge is 2.45. The maximum Gasteiger partial charge on any atom is 0.290 e. The number of hydrogen-bond acceptors (Lipinski definition) is 2. The molecule has 1 aliphatic heterocycles. The molecule has 0 saturated carbocycles. The van der Waals surface area contributed by atoms with E-state index < -0.39 is 0 Å². The van der Waals surface area contributed by atoms with Crippen LogP contribution in [0, 0.1) is 0 Å². The first-order valence-electron chi connectivity index (χ1n) is 5.54. The lowest BCUT2D eigenvalue weighted by atomic mass is 9.79. The Bertz CT molecular complexity index is 276. The van der Waals surface area contributed by atoms with Crippen molar-refractivity contribution in [2.24, 2.45) is 0 Å². The van der Waals surface area contributed by atoms with Crippen molar-refractivity contribution < 1.29 is 9.59 Å². The highest BCUT2D eigenvalue weighted by Crippen LogP contribution is 2.38. The molecule has 1 amide bonds. The lowest BCUT2D eigenvalue weighted by molar-refractivity contribution is -0.156. The Kier molecular flexibility index (Phi) is 2.94. The number of hydrogen-bond donors (Lipinski definition) is 0. The Labute approximate surface area is 91.8 Å². The Hall–Kier alpha value is -0.860. The molecule has 1 aliphatic rings. The smallest absolute Gasteiger partial charge is 0.290 e. The summed E-state index contributed by atoms with van der Waals surface area (Å²) in [6.07, 6.45) is 3.05.